The molecule has 0 atom stereocenters. The summed E-state index contributed by atoms with van der Waals surface area (Å²) < 4.78 is 217. The fourth-order valence-electron chi connectivity index (χ4n) is 9.62. The Balaban J connectivity index is 1.31. The maximum absolute atomic E-state index is 15.0. The standard InChI is InChI=1S/C55H25F15N4/c56-51(57,58)32-14-16-34(42(23-32)54(65,66)67)28-12-18-46-39(20-28)36-7-1-3-10-44(36)73(46)48-22-31(27-72)38(50-30(26-71)6-5-9-41(50)53(62,63)64)25-49(48)74-45-11-4-2-8-37(45)40-21-29(13-19-47(40)74)35-17-15-33(52(59,60)61)24-43(35)55(68,69)70/h1-25H. The van der Waals surface area contributed by atoms with Crippen LogP contribution in [0.4, 0.5) is 65.9 Å². The van der Waals surface area contributed by atoms with E-state index in [-0.39, 0.29) is 67.5 Å². The molecule has 0 unspecified atom stereocenters. The zero-order valence-electron chi connectivity index (χ0n) is 36.9. The predicted molar refractivity (Wildman–Crippen MR) is 246 cm³/mol. The van der Waals surface area contributed by atoms with Gasteiger partial charge in [0, 0.05) is 32.7 Å². The maximum atomic E-state index is 15.0. The zero-order chi connectivity index (χ0) is 53.0. The van der Waals surface area contributed by atoms with Crippen LogP contribution in [0.5, 0.6) is 0 Å². The van der Waals surface area contributed by atoms with E-state index in [9.17, 15) is 76.4 Å². The quantitative estimate of drug-likeness (QED) is 0.161. The molecule has 0 bridgehead atoms. The molecule has 0 N–H and O–H groups in total. The summed E-state index contributed by atoms with van der Waals surface area (Å²) in [6, 6.07) is 31.9. The molecule has 0 radical (unpaired) electrons. The van der Waals surface area contributed by atoms with Gasteiger partial charge in [0.25, 0.3) is 0 Å². The van der Waals surface area contributed by atoms with Crippen LogP contribution in [0.3, 0.4) is 0 Å². The molecule has 2 aromatic heterocycles. The molecule has 0 saturated heterocycles. The van der Waals surface area contributed by atoms with Crippen molar-refractivity contribution in [3.8, 4) is 56.9 Å². The first-order valence-electron chi connectivity index (χ1n) is 21.6. The van der Waals surface area contributed by atoms with Crippen LogP contribution >= 0.6 is 0 Å². The second-order valence-corrected chi connectivity index (χ2v) is 17.0. The number of rotatable bonds is 5. The van der Waals surface area contributed by atoms with E-state index in [1.807, 2.05) is 6.07 Å². The summed E-state index contributed by atoms with van der Waals surface area (Å²) in [5.74, 6) is 0. The van der Waals surface area contributed by atoms with Gasteiger partial charge in [0.1, 0.15) is 0 Å². The van der Waals surface area contributed by atoms with E-state index < -0.39 is 86.5 Å². The molecule has 8 aromatic carbocycles. The normalized spacial score (nSPS) is 12.8. The number of benzene rings is 8. The highest BCUT2D eigenvalue weighted by Crippen LogP contribution is 2.48. The molecule has 2 heterocycles. The van der Waals surface area contributed by atoms with E-state index in [0.717, 1.165) is 18.2 Å². The van der Waals surface area contributed by atoms with Gasteiger partial charge in [0.2, 0.25) is 0 Å². The molecule has 0 aliphatic rings. The number of hydrogen-bond acceptors (Lipinski definition) is 2. The molecule has 370 valence electrons. The van der Waals surface area contributed by atoms with Crippen LogP contribution in [-0.2, 0) is 30.9 Å². The topological polar surface area (TPSA) is 57.4 Å². The van der Waals surface area contributed by atoms with Crippen LogP contribution in [0.25, 0.3) is 88.4 Å². The highest BCUT2D eigenvalue weighted by Gasteiger charge is 2.41. The Hall–Kier alpha value is -8.71. The van der Waals surface area contributed by atoms with Gasteiger partial charge in [-0.2, -0.15) is 76.4 Å². The van der Waals surface area contributed by atoms with E-state index in [0.29, 0.717) is 40.6 Å². The molecule has 10 aromatic rings. The average Bonchev–Trinajstić information content (AvgIpc) is 3.86. The number of nitrogens with zero attached hydrogens (tertiary/aromatic N) is 4. The smallest absolute Gasteiger partial charge is 0.307 e. The molecule has 0 aliphatic carbocycles. The lowest BCUT2D eigenvalue weighted by Gasteiger charge is -2.21. The lowest BCUT2D eigenvalue weighted by atomic mass is 9.90. The van der Waals surface area contributed by atoms with Gasteiger partial charge >= 0.3 is 30.9 Å². The summed E-state index contributed by atoms with van der Waals surface area (Å²) in [6.07, 6.45) is -25.8. The number of aromatic nitrogens is 2. The highest BCUT2D eigenvalue weighted by atomic mass is 19.4. The third-order valence-corrected chi connectivity index (χ3v) is 12.7. The Morgan fingerprint density at radius 3 is 1.16 bits per heavy atom. The van der Waals surface area contributed by atoms with Crippen LogP contribution in [0.1, 0.15) is 38.9 Å². The number of hydrogen-bond donors (Lipinski definition) is 0. The first-order chi connectivity index (χ1) is 34.8. The van der Waals surface area contributed by atoms with E-state index in [4.69, 9.17) is 0 Å². The van der Waals surface area contributed by atoms with Gasteiger partial charge < -0.3 is 9.13 Å². The van der Waals surface area contributed by atoms with Crippen LogP contribution < -0.4 is 0 Å². The largest absolute Gasteiger partial charge is 0.417 e. The lowest BCUT2D eigenvalue weighted by molar-refractivity contribution is -0.144. The van der Waals surface area contributed by atoms with Crippen molar-refractivity contribution in [2.45, 2.75) is 30.9 Å². The lowest BCUT2D eigenvalue weighted by Crippen LogP contribution is -2.12. The van der Waals surface area contributed by atoms with Gasteiger partial charge in [0.15, 0.2) is 0 Å². The van der Waals surface area contributed by atoms with E-state index in [1.165, 1.54) is 53.1 Å². The minimum Gasteiger partial charge on any atom is -0.307 e. The van der Waals surface area contributed by atoms with Gasteiger partial charge in [-0.3, -0.25) is 0 Å². The van der Waals surface area contributed by atoms with Crippen LogP contribution in [0, 0.1) is 22.7 Å². The number of para-hydroxylation sites is 2. The molecular weight excluding hydrogens is 1000 g/mol. The van der Waals surface area contributed by atoms with Crippen molar-refractivity contribution in [1.29, 1.82) is 10.5 Å². The second kappa shape index (κ2) is 16.9. The number of fused-ring (bicyclic) bond motifs is 6. The van der Waals surface area contributed by atoms with Gasteiger partial charge in [-0.25, -0.2) is 0 Å². The molecule has 0 aliphatic heterocycles. The molecule has 0 spiro atoms. The minimum absolute atomic E-state index is 0.00215. The monoisotopic (exact) mass is 1030 g/mol. The molecule has 4 nitrogen and oxygen atoms in total. The molecular formula is C55H25F15N4. The summed E-state index contributed by atoms with van der Waals surface area (Å²) >= 11 is 0. The summed E-state index contributed by atoms with van der Waals surface area (Å²) in [5.41, 5.74) is -10.0. The van der Waals surface area contributed by atoms with Gasteiger partial charge in [-0.05, 0) is 107 Å². The Labute approximate surface area is 406 Å². The van der Waals surface area contributed by atoms with E-state index in [2.05, 4.69) is 0 Å². The van der Waals surface area contributed by atoms with Crippen molar-refractivity contribution in [2.24, 2.45) is 0 Å². The first-order valence-corrected chi connectivity index (χ1v) is 21.6. The zero-order valence-corrected chi connectivity index (χ0v) is 36.9. The van der Waals surface area contributed by atoms with E-state index >= 15 is 0 Å². The predicted octanol–water partition coefficient (Wildman–Crippen LogP) is 17.7. The van der Waals surface area contributed by atoms with Crippen molar-refractivity contribution in [2.75, 3.05) is 0 Å². The number of alkyl halides is 15. The molecule has 10 rings (SSSR count). The third-order valence-electron chi connectivity index (χ3n) is 12.7. The molecule has 74 heavy (non-hydrogen) atoms. The van der Waals surface area contributed by atoms with Gasteiger partial charge in [-0.15, -0.1) is 0 Å². The molecule has 0 saturated carbocycles. The summed E-state index contributed by atoms with van der Waals surface area (Å²) in [6.45, 7) is 0. The molecule has 19 heteroatoms. The van der Waals surface area contributed by atoms with Crippen molar-refractivity contribution in [3.05, 3.63) is 191 Å². The molecule has 0 fully saturated rings. The average molecular weight is 1030 g/mol. The Morgan fingerprint density at radius 1 is 0.324 bits per heavy atom. The van der Waals surface area contributed by atoms with Gasteiger partial charge in [0.05, 0.1) is 84.5 Å². The van der Waals surface area contributed by atoms with Crippen LogP contribution in [-0.4, -0.2) is 9.13 Å². The Morgan fingerprint density at radius 2 is 0.743 bits per heavy atom. The SMILES string of the molecule is N#Cc1cc(-n2c3ccccc3c3cc(-c4ccc(C(F)(F)F)cc4C(F)(F)F)ccc32)c(-n2c3ccccc3c3cc(-c4ccc(C(F)(F)F)cc4C(F)(F)F)ccc32)cc1-c1c(C#N)cccc1C(F)(F)F. The van der Waals surface area contributed by atoms with Crippen LogP contribution in [0.15, 0.2) is 152 Å². The van der Waals surface area contributed by atoms with Crippen molar-refractivity contribution in [3.63, 3.8) is 0 Å². The first kappa shape index (κ1) is 48.9. The fraction of sp³-hybridized carbons (Fsp3) is 0.0909. The number of halogens is 15. The van der Waals surface area contributed by atoms with Crippen molar-refractivity contribution >= 4 is 43.6 Å². The third kappa shape index (κ3) is 8.18. The Kier molecular flexibility index (Phi) is 11.2. The van der Waals surface area contributed by atoms with Crippen molar-refractivity contribution < 1.29 is 65.9 Å². The summed E-state index contributed by atoms with van der Waals surface area (Å²) in [5, 5.41) is 22.2. The highest BCUT2D eigenvalue weighted by molar-refractivity contribution is 6.13. The van der Waals surface area contributed by atoms with E-state index in [1.54, 1.807) is 59.2 Å². The van der Waals surface area contributed by atoms with Crippen LogP contribution in [0.2, 0.25) is 0 Å². The number of nitriles is 2. The Bertz CT molecular complexity index is 4040. The molecule has 0 amide bonds. The minimum atomic E-state index is -5.26. The fourth-order valence-corrected chi connectivity index (χ4v) is 9.62. The maximum Gasteiger partial charge on any atom is 0.417 e. The summed E-state index contributed by atoms with van der Waals surface area (Å²) in [4.78, 5) is 0. The van der Waals surface area contributed by atoms with Gasteiger partial charge in [-0.1, -0.05) is 66.7 Å². The summed E-state index contributed by atoms with van der Waals surface area (Å²) in [7, 11) is 0. The van der Waals surface area contributed by atoms with Crippen molar-refractivity contribution in [1.82, 2.24) is 9.13 Å². The second-order valence-electron chi connectivity index (χ2n) is 17.0.